The molecule has 0 aromatic carbocycles. The summed E-state index contributed by atoms with van der Waals surface area (Å²) in [6.07, 6.45) is 5.21. The summed E-state index contributed by atoms with van der Waals surface area (Å²) in [6.45, 7) is 6.75. The van der Waals surface area contributed by atoms with Gasteiger partial charge in [0.05, 0.1) is 12.9 Å². The van der Waals surface area contributed by atoms with E-state index >= 15 is 0 Å². The number of hydrogen-bond donors (Lipinski definition) is 1. The second-order valence-corrected chi connectivity index (χ2v) is 3.89. The molecule has 0 spiro atoms. The summed E-state index contributed by atoms with van der Waals surface area (Å²) >= 11 is 0. The molecule has 0 bridgehead atoms. The Morgan fingerprint density at radius 3 is 2.81 bits per heavy atom. The highest BCUT2D eigenvalue weighted by Gasteiger charge is 2.20. The van der Waals surface area contributed by atoms with Crippen LogP contribution in [0.2, 0.25) is 0 Å². The lowest BCUT2D eigenvalue weighted by atomic mass is 10.2. The highest BCUT2D eigenvalue weighted by molar-refractivity contribution is 5.75. The smallest absolute Gasteiger partial charge is 0.324 e. The van der Waals surface area contributed by atoms with E-state index in [0.717, 1.165) is 0 Å². The zero-order valence-electron chi connectivity index (χ0n) is 10.0. The molecule has 1 rings (SSSR count). The Bertz CT molecular complexity index is 309. The van der Waals surface area contributed by atoms with E-state index in [0.29, 0.717) is 13.2 Å². The highest BCUT2D eigenvalue weighted by Crippen LogP contribution is 1.98. The van der Waals surface area contributed by atoms with Crippen molar-refractivity contribution in [2.45, 2.75) is 39.4 Å². The Morgan fingerprint density at radius 1 is 1.56 bits per heavy atom. The number of esters is 1. The van der Waals surface area contributed by atoms with Gasteiger partial charge in [-0.3, -0.25) is 4.79 Å². The molecule has 1 heterocycles. The predicted molar refractivity (Wildman–Crippen MR) is 60.9 cm³/mol. The molecule has 5 heteroatoms. The van der Waals surface area contributed by atoms with Gasteiger partial charge >= 0.3 is 5.97 Å². The fourth-order valence-corrected chi connectivity index (χ4v) is 1.45. The summed E-state index contributed by atoms with van der Waals surface area (Å²) in [5.74, 6) is -0.218. The van der Waals surface area contributed by atoms with Crippen LogP contribution in [0.15, 0.2) is 18.7 Å². The van der Waals surface area contributed by atoms with E-state index in [1.54, 1.807) is 12.5 Å². The second-order valence-electron chi connectivity index (χ2n) is 3.89. The van der Waals surface area contributed by atoms with Gasteiger partial charge < -0.3 is 14.6 Å². The molecular formula is C11H19N3O2. The summed E-state index contributed by atoms with van der Waals surface area (Å²) in [5, 5.41) is 3.18. The summed E-state index contributed by atoms with van der Waals surface area (Å²) in [6, 6.07) is -0.0907. The van der Waals surface area contributed by atoms with Crippen LogP contribution in [0.3, 0.4) is 0 Å². The van der Waals surface area contributed by atoms with Crippen molar-refractivity contribution in [1.29, 1.82) is 0 Å². The molecule has 1 aromatic heterocycles. The molecule has 0 radical (unpaired) electrons. The normalized spacial score (nSPS) is 12.8. The van der Waals surface area contributed by atoms with Crippen LogP contribution in [-0.4, -0.2) is 34.2 Å². The number of ether oxygens (including phenoxy) is 1. The number of nitrogens with zero attached hydrogens (tertiary/aromatic N) is 2. The van der Waals surface area contributed by atoms with Gasteiger partial charge in [0.15, 0.2) is 0 Å². The molecule has 0 aliphatic heterocycles. The van der Waals surface area contributed by atoms with Crippen LogP contribution in [0.1, 0.15) is 20.8 Å². The first kappa shape index (κ1) is 12.7. The van der Waals surface area contributed by atoms with Crippen molar-refractivity contribution in [3.63, 3.8) is 0 Å². The maximum atomic E-state index is 11.7. The van der Waals surface area contributed by atoms with Crippen LogP contribution >= 0.6 is 0 Å². The fraction of sp³-hybridized carbons (Fsp3) is 0.636. The Kier molecular flexibility index (Phi) is 4.98. The minimum Gasteiger partial charge on any atom is -0.465 e. The van der Waals surface area contributed by atoms with Gasteiger partial charge in [-0.1, -0.05) is 13.8 Å². The van der Waals surface area contributed by atoms with Crippen LogP contribution in [0.25, 0.3) is 0 Å². The minimum atomic E-state index is -0.325. The quantitative estimate of drug-likeness (QED) is 0.728. The van der Waals surface area contributed by atoms with Gasteiger partial charge in [0.1, 0.15) is 6.04 Å². The number of rotatable bonds is 6. The third-order valence-corrected chi connectivity index (χ3v) is 2.06. The third kappa shape index (κ3) is 4.02. The van der Waals surface area contributed by atoms with Crippen molar-refractivity contribution in [3.8, 4) is 0 Å². The maximum absolute atomic E-state index is 11.7. The van der Waals surface area contributed by atoms with Gasteiger partial charge in [0, 0.05) is 25.0 Å². The lowest BCUT2D eigenvalue weighted by molar-refractivity contribution is -0.146. The summed E-state index contributed by atoms with van der Waals surface area (Å²) in [5.41, 5.74) is 0. The Labute approximate surface area is 95.8 Å². The third-order valence-electron chi connectivity index (χ3n) is 2.06. The first-order valence-electron chi connectivity index (χ1n) is 5.52. The van der Waals surface area contributed by atoms with Crippen LogP contribution in [0.5, 0.6) is 0 Å². The molecule has 90 valence electrons. The van der Waals surface area contributed by atoms with E-state index in [1.165, 1.54) is 0 Å². The molecule has 0 saturated carbocycles. The monoisotopic (exact) mass is 225 g/mol. The molecule has 1 aromatic rings. The van der Waals surface area contributed by atoms with Crippen molar-refractivity contribution in [2.24, 2.45) is 0 Å². The van der Waals surface area contributed by atoms with Crippen molar-refractivity contribution >= 4 is 5.97 Å². The maximum Gasteiger partial charge on any atom is 0.324 e. The van der Waals surface area contributed by atoms with Gasteiger partial charge in [-0.25, -0.2) is 4.98 Å². The number of carbonyl (C=O) groups excluding carboxylic acids is 1. The van der Waals surface area contributed by atoms with Crippen LogP contribution in [-0.2, 0) is 16.1 Å². The van der Waals surface area contributed by atoms with E-state index < -0.39 is 0 Å². The minimum absolute atomic E-state index is 0.218. The molecule has 1 unspecified atom stereocenters. The Morgan fingerprint density at radius 2 is 2.31 bits per heavy atom. The van der Waals surface area contributed by atoms with E-state index in [9.17, 15) is 4.79 Å². The molecule has 5 nitrogen and oxygen atoms in total. The predicted octanol–water partition coefficient (Wildman–Crippen LogP) is 0.813. The van der Waals surface area contributed by atoms with Gasteiger partial charge in [-0.2, -0.15) is 0 Å². The lowest BCUT2D eigenvalue weighted by Crippen LogP contribution is -2.44. The van der Waals surface area contributed by atoms with Gasteiger partial charge in [-0.15, -0.1) is 0 Å². The number of imidazole rings is 1. The van der Waals surface area contributed by atoms with Gasteiger partial charge in [0.25, 0.3) is 0 Å². The van der Waals surface area contributed by atoms with Crippen molar-refractivity contribution in [2.75, 3.05) is 6.61 Å². The zero-order valence-corrected chi connectivity index (χ0v) is 10.0. The zero-order chi connectivity index (χ0) is 12.0. The molecule has 16 heavy (non-hydrogen) atoms. The molecule has 0 fully saturated rings. The molecule has 1 N–H and O–H groups in total. The average Bonchev–Trinajstić information content (AvgIpc) is 2.69. The van der Waals surface area contributed by atoms with E-state index in [1.807, 2.05) is 31.5 Å². The van der Waals surface area contributed by atoms with Crippen LogP contribution in [0.4, 0.5) is 0 Å². The second kappa shape index (κ2) is 6.27. The highest BCUT2D eigenvalue weighted by atomic mass is 16.5. The molecule has 0 aliphatic carbocycles. The van der Waals surface area contributed by atoms with E-state index in [4.69, 9.17) is 4.74 Å². The number of aromatic nitrogens is 2. The Hall–Kier alpha value is -1.36. The van der Waals surface area contributed by atoms with Gasteiger partial charge in [0.2, 0.25) is 0 Å². The van der Waals surface area contributed by atoms with Crippen molar-refractivity contribution < 1.29 is 9.53 Å². The van der Waals surface area contributed by atoms with Crippen LogP contribution in [0, 0.1) is 0 Å². The van der Waals surface area contributed by atoms with Crippen molar-refractivity contribution in [3.05, 3.63) is 18.7 Å². The average molecular weight is 225 g/mol. The standard InChI is InChI=1S/C11H19N3O2/c1-4-16-11(15)10(13-9(2)3)7-14-6-5-12-8-14/h5-6,8-10,13H,4,7H2,1-3H3. The molecule has 0 amide bonds. The lowest BCUT2D eigenvalue weighted by Gasteiger charge is -2.19. The van der Waals surface area contributed by atoms with Crippen molar-refractivity contribution in [1.82, 2.24) is 14.9 Å². The summed E-state index contributed by atoms with van der Waals surface area (Å²) < 4.78 is 6.88. The first-order chi connectivity index (χ1) is 7.63. The van der Waals surface area contributed by atoms with Gasteiger partial charge in [-0.05, 0) is 6.92 Å². The number of nitrogens with one attached hydrogen (secondary N) is 1. The molecule has 0 saturated heterocycles. The Balaban J connectivity index is 2.59. The number of carbonyl (C=O) groups is 1. The molecule has 0 aliphatic rings. The van der Waals surface area contributed by atoms with Crippen LogP contribution < -0.4 is 5.32 Å². The molecular weight excluding hydrogens is 206 g/mol. The molecule has 1 atom stereocenters. The fourth-order valence-electron chi connectivity index (χ4n) is 1.45. The summed E-state index contributed by atoms with van der Waals surface area (Å²) in [4.78, 5) is 15.6. The summed E-state index contributed by atoms with van der Waals surface area (Å²) in [7, 11) is 0. The SMILES string of the molecule is CCOC(=O)C(Cn1ccnc1)NC(C)C. The topological polar surface area (TPSA) is 56.2 Å². The van der Waals surface area contributed by atoms with E-state index in [2.05, 4.69) is 10.3 Å². The van der Waals surface area contributed by atoms with E-state index in [-0.39, 0.29) is 18.1 Å². The largest absolute Gasteiger partial charge is 0.465 e. The number of hydrogen-bond acceptors (Lipinski definition) is 4. The first-order valence-corrected chi connectivity index (χ1v) is 5.52.